The number of fused-ring (bicyclic) bond motifs is 1. The van der Waals surface area contributed by atoms with E-state index in [1.807, 2.05) is 0 Å². The van der Waals surface area contributed by atoms with Crippen LogP contribution < -0.4 is 9.80 Å². The fraction of sp³-hybridized carbons (Fsp3) is 0.217. The van der Waals surface area contributed by atoms with Crippen LogP contribution in [0.5, 0.6) is 0 Å². The average molecular weight is 328 g/mol. The van der Waals surface area contributed by atoms with Gasteiger partial charge in [-0.25, -0.2) is 0 Å². The molecule has 1 aliphatic heterocycles. The van der Waals surface area contributed by atoms with Crippen molar-refractivity contribution >= 4 is 11.4 Å². The summed E-state index contributed by atoms with van der Waals surface area (Å²) in [5.41, 5.74) is 5.22. The highest BCUT2D eigenvalue weighted by Crippen LogP contribution is 2.46. The number of anilines is 2. The summed E-state index contributed by atoms with van der Waals surface area (Å²) in [4.78, 5) is 5.03. The fourth-order valence-corrected chi connectivity index (χ4v) is 3.75. The average Bonchev–Trinajstić information content (AvgIpc) is 2.85. The van der Waals surface area contributed by atoms with Crippen molar-refractivity contribution in [3.05, 3.63) is 96.1 Å². The lowest BCUT2D eigenvalue weighted by atomic mass is 10.1. The van der Waals surface area contributed by atoms with E-state index in [-0.39, 0.29) is 5.66 Å². The number of nitrogens with zero attached hydrogens (tertiary/aromatic N) is 2. The van der Waals surface area contributed by atoms with E-state index in [9.17, 15) is 0 Å². The molecule has 0 fully saturated rings. The Morgan fingerprint density at radius 3 is 1.32 bits per heavy atom. The van der Waals surface area contributed by atoms with E-state index in [1.54, 1.807) is 0 Å². The summed E-state index contributed by atoms with van der Waals surface area (Å²) in [6.07, 6.45) is 0. The zero-order valence-electron chi connectivity index (χ0n) is 14.9. The molecule has 0 saturated heterocycles. The molecule has 0 bridgehead atoms. The first-order chi connectivity index (χ1) is 12.2. The van der Waals surface area contributed by atoms with Crippen molar-refractivity contribution in [3.63, 3.8) is 0 Å². The van der Waals surface area contributed by atoms with Crippen molar-refractivity contribution in [2.75, 3.05) is 9.80 Å². The number of para-hydroxylation sites is 2. The molecular formula is C23H24N2. The zero-order chi connectivity index (χ0) is 17.3. The third kappa shape index (κ3) is 2.89. The van der Waals surface area contributed by atoms with E-state index in [4.69, 9.17) is 0 Å². The first-order valence-corrected chi connectivity index (χ1v) is 8.88. The van der Waals surface area contributed by atoms with Crippen molar-refractivity contribution < 1.29 is 0 Å². The summed E-state index contributed by atoms with van der Waals surface area (Å²) in [6, 6.07) is 30.2. The Kier molecular flexibility index (Phi) is 3.96. The molecule has 0 amide bonds. The molecule has 0 unspecified atom stereocenters. The molecule has 126 valence electrons. The van der Waals surface area contributed by atoms with E-state index < -0.39 is 0 Å². The van der Waals surface area contributed by atoms with Gasteiger partial charge < -0.3 is 9.80 Å². The third-order valence-corrected chi connectivity index (χ3v) is 5.15. The van der Waals surface area contributed by atoms with Gasteiger partial charge in [-0.3, -0.25) is 0 Å². The van der Waals surface area contributed by atoms with E-state index >= 15 is 0 Å². The molecule has 0 spiro atoms. The van der Waals surface area contributed by atoms with Crippen LogP contribution in [0.1, 0.15) is 25.0 Å². The normalized spacial score (nSPS) is 15.3. The SMILES string of the molecule is CC1(C)N(Cc2ccccc2)c2ccccc2N1Cc1ccccc1. The summed E-state index contributed by atoms with van der Waals surface area (Å²) in [6.45, 7) is 6.46. The van der Waals surface area contributed by atoms with Gasteiger partial charge in [0.1, 0.15) is 5.66 Å². The highest BCUT2D eigenvalue weighted by Gasteiger charge is 2.41. The zero-order valence-corrected chi connectivity index (χ0v) is 14.9. The minimum atomic E-state index is -0.0879. The maximum Gasteiger partial charge on any atom is 0.108 e. The van der Waals surface area contributed by atoms with Gasteiger partial charge in [0.25, 0.3) is 0 Å². The molecular weight excluding hydrogens is 304 g/mol. The van der Waals surface area contributed by atoms with Crippen LogP contribution >= 0.6 is 0 Å². The van der Waals surface area contributed by atoms with Gasteiger partial charge in [-0.2, -0.15) is 0 Å². The Morgan fingerprint density at radius 2 is 0.920 bits per heavy atom. The van der Waals surface area contributed by atoms with Crippen LogP contribution in [0.25, 0.3) is 0 Å². The van der Waals surface area contributed by atoms with Crippen LogP contribution in [-0.4, -0.2) is 5.66 Å². The highest BCUT2D eigenvalue weighted by atomic mass is 15.5. The molecule has 3 aromatic rings. The van der Waals surface area contributed by atoms with Crippen LogP contribution in [0, 0.1) is 0 Å². The van der Waals surface area contributed by atoms with Gasteiger partial charge in [-0.15, -0.1) is 0 Å². The summed E-state index contributed by atoms with van der Waals surface area (Å²) < 4.78 is 0. The minimum Gasteiger partial charge on any atom is -0.343 e. The maximum atomic E-state index is 2.51. The van der Waals surface area contributed by atoms with Crippen LogP contribution in [0.4, 0.5) is 11.4 Å². The van der Waals surface area contributed by atoms with Gasteiger partial charge in [0.05, 0.1) is 11.4 Å². The predicted octanol–water partition coefficient (Wildman–Crippen LogP) is 5.45. The molecule has 2 nitrogen and oxygen atoms in total. The van der Waals surface area contributed by atoms with E-state index in [0.29, 0.717) is 0 Å². The topological polar surface area (TPSA) is 6.48 Å². The molecule has 3 aromatic carbocycles. The number of rotatable bonds is 4. The van der Waals surface area contributed by atoms with E-state index in [2.05, 4.69) is 109 Å². The standard InChI is InChI=1S/C23H24N2/c1-23(2)24(17-19-11-5-3-6-12-19)21-15-9-10-16-22(21)25(23)18-20-13-7-4-8-14-20/h3-16H,17-18H2,1-2H3. The molecule has 4 rings (SSSR count). The summed E-state index contributed by atoms with van der Waals surface area (Å²) >= 11 is 0. The van der Waals surface area contributed by atoms with Crippen molar-refractivity contribution in [2.45, 2.75) is 32.6 Å². The molecule has 0 saturated carbocycles. The van der Waals surface area contributed by atoms with Crippen molar-refractivity contribution in [3.8, 4) is 0 Å². The minimum absolute atomic E-state index is 0.0879. The van der Waals surface area contributed by atoms with Crippen LogP contribution in [0.2, 0.25) is 0 Å². The number of hydrogen-bond acceptors (Lipinski definition) is 2. The molecule has 25 heavy (non-hydrogen) atoms. The first-order valence-electron chi connectivity index (χ1n) is 8.88. The Bertz CT molecular complexity index is 770. The molecule has 0 N–H and O–H groups in total. The van der Waals surface area contributed by atoms with Gasteiger partial charge in [-0.05, 0) is 37.1 Å². The quantitative estimate of drug-likeness (QED) is 0.628. The smallest absolute Gasteiger partial charge is 0.108 e. The second-order valence-corrected chi connectivity index (χ2v) is 7.13. The molecule has 1 aliphatic rings. The molecule has 0 atom stereocenters. The van der Waals surface area contributed by atoms with Crippen LogP contribution in [0.15, 0.2) is 84.9 Å². The molecule has 0 radical (unpaired) electrons. The third-order valence-electron chi connectivity index (χ3n) is 5.15. The lowest BCUT2D eigenvalue weighted by Crippen LogP contribution is -2.51. The lowest BCUT2D eigenvalue weighted by Gasteiger charge is -2.41. The second kappa shape index (κ2) is 6.29. The van der Waals surface area contributed by atoms with E-state index in [1.165, 1.54) is 22.5 Å². The van der Waals surface area contributed by atoms with Gasteiger partial charge in [0.15, 0.2) is 0 Å². The Labute approximate surface area is 150 Å². The predicted molar refractivity (Wildman–Crippen MR) is 106 cm³/mol. The first kappa shape index (κ1) is 15.8. The Hall–Kier alpha value is -2.74. The molecule has 0 aromatic heterocycles. The lowest BCUT2D eigenvalue weighted by molar-refractivity contribution is 0.449. The number of hydrogen-bond donors (Lipinski definition) is 0. The maximum absolute atomic E-state index is 2.51. The van der Waals surface area contributed by atoms with Crippen molar-refractivity contribution in [1.29, 1.82) is 0 Å². The van der Waals surface area contributed by atoms with Crippen LogP contribution in [0.3, 0.4) is 0 Å². The molecule has 1 heterocycles. The summed E-state index contributed by atoms with van der Waals surface area (Å²) in [5.74, 6) is 0. The van der Waals surface area contributed by atoms with Gasteiger partial charge in [-0.1, -0.05) is 72.8 Å². The molecule has 0 aliphatic carbocycles. The van der Waals surface area contributed by atoms with E-state index in [0.717, 1.165) is 13.1 Å². The van der Waals surface area contributed by atoms with Crippen molar-refractivity contribution in [2.24, 2.45) is 0 Å². The van der Waals surface area contributed by atoms with Gasteiger partial charge in [0, 0.05) is 13.1 Å². The molecule has 2 heteroatoms. The van der Waals surface area contributed by atoms with Crippen molar-refractivity contribution in [1.82, 2.24) is 0 Å². The largest absolute Gasteiger partial charge is 0.343 e. The van der Waals surface area contributed by atoms with Gasteiger partial charge >= 0.3 is 0 Å². The second-order valence-electron chi connectivity index (χ2n) is 7.13. The Balaban J connectivity index is 1.71. The Morgan fingerprint density at radius 1 is 0.560 bits per heavy atom. The fourth-order valence-electron chi connectivity index (χ4n) is 3.75. The van der Waals surface area contributed by atoms with Crippen LogP contribution in [-0.2, 0) is 13.1 Å². The van der Waals surface area contributed by atoms with Gasteiger partial charge in [0.2, 0.25) is 0 Å². The highest BCUT2D eigenvalue weighted by molar-refractivity contribution is 5.79. The summed E-state index contributed by atoms with van der Waals surface area (Å²) in [5, 5.41) is 0. The number of benzene rings is 3. The summed E-state index contributed by atoms with van der Waals surface area (Å²) in [7, 11) is 0. The monoisotopic (exact) mass is 328 g/mol.